The van der Waals surface area contributed by atoms with Crippen LogP contribution in [0, 0.1) is 16.5 Å². The summed E-state index contributed by atoms with van der Waals surface area (Å²) in [6.07, 6.45) is 4.61. The third-order valence-electron chi connectivity index (χ3n) is 4.11. The lowest BCUT2D eigenvalue weighted by atomic mass is 9.87. The fourth-order valence-electron chi connectivity index (χ4n) is 2.98. The molecule has 1 heterocycles. The second-order valence-corrected chi connectivity index (χ2v) is 6.29. The number of nitrogens with zero attached hydrogens (tertiary/aromatic N) is 1. The van der Waals surface area contributed by atoms with E-state index >= 15 is 0 Å². The molecule has 102 valence electrons. The number of aromatic nitrogens is 2. The number of hydrogen-bond acceptors (Lipinski definition) is 1. The zero-order valence-electron chi connectivity index (χ0n) is 10.7. The van der Waals surface area contributed by atoms with Gasteiger partial charge in [0.25, 0.3) is 0 Å². The van der Waals surface area contributed by atoms with Crippen LogP contribution in [0.2, 0.25) is 5.02 Å². The minimum Gasteiger partial charge on any atom is -0.331 e. The molecular weight excluding hydrogens is 283 g/mol. The lowest BCUT2D eigenvalue weighted by Crippen LogP contribution is -2.16. The van der Waals surface area contributed by atoms with Crippen molar-refractivity contribution in [3.8, 4) is 0 Å². The van der Waals surface area contributed by atoms with Gasteiger partial charge in [-0.15, -0.1) is 0 Å². The molecule has 1 aromatic carbocycles. The first-order valence-electron chi connectivity index (χ1n) is 6.65. The number of imidazole rings is 1. The summed E-state index contributed by atoms with van der Waals surface area (Å²) in [7, 11) is 0. The zero-order chi connectivity index (χ0) is 13.6. The van der Waals surface area contributed by atoms with Crippen LogP contribution in [0.4, 0.5) is 4.39 Å². The topological polar surface area (TPSA) is 20.7 Å². The number of halogens is 2. The van der Waals surface area contributed by atoms with Crippen molar-refractivity contribution in [2.75, 3.05) is 0 Å². The molecule has 0 atom stereocenters. The Morgan fingerprint density at radius 1 is 1.32 bits per heavy atom. The molecule has 0 bridgehead atoms. The Morgan fingerprint density at radius 2 is 2.00 bits per heavy atom. The highest BCUT2D eigenvalue weighted by Gasteiger charge is 2.22. The third-order valence-corrected chi connectivity index (χ3v) is 4.70. The molecule has 0 saturated heterocycles. The van der Waals surface area contributed by atoms with Gasteiger partial charge in [0.1, 0.15) is 5.82 Å². The first kappa shape index (κ1) is 13.1. The quantitative estimate of drug-likeness (QED) is 0.714. The normalized spacial score (nSPS) is 23.9. The number of H-pyrrole nitrogens is 1. The van der Waals surface area contributed by atoms with Gasteiger partial charge in [0.2, 0.25) is 0 Å². The van der Waals surface area contributed by atoms with Gasteiger partial charge >= 0.3 is 0 Å². The Bertz CT molecular complexity index is 668. The van der Waals surface area contributed by atoms with Crippen molar-refractivity contribution >= 4 is 34.9 Å². The van der Waals surface area contributed by atoms with E-state index in [1.807, 2.05) is 0 Å². The van der Waals surface area contributed by atoms with Gasteiger partial charge in [0.15, 0.2) is 4.77 Å². The molecule has 2 nitrogen and oxygen atoms in total. The smallest absolute Gasteiger partial charge is 0.178 e. The Kier molecular flexibility index (Phi) is 3.39. The van der Waals surface area contributed by atoms with Crippen molar-refractivity contribution in [1.82, 2.24) is 9.55 Å². The Hall–Kier alpha value is -0.870. The van der Waals surface area contributed by atoms with Crippen LogP contribution in [-0.4, -0.2) is 9.55 Å². The number of benzene rings is 1. The second kappa shape index (κ2) is 4.91. The minimum atomic E-state index is -0.388. The highest BCUT2D eigenvalue weighted by molar-refractivity contribution is 7.71. The van der Waals surface area contributed by atoms with E-state index in [9.17, 15) is 4.39 Å². The van der Waals surface area contributed by atoms with Gasteiger partial charge in [0.05, 0.1) is 16.1 Å². The maximum Gasteiger partial charge on any atom is 0.178 e. The summed E-state index contributed by atoms with van der Waals surface area (Å²) in [4.78, 5) is 3.13. The molecule has 0 unspecified atom stereocenters. The van der Waals surface area contributed by atoms with E-state index in [1.165, 1.54) is 18.9 Å². The summed E-state index contributed by atoms with van der Waals surface area (Å²) in [6, 6.07) is 3.48. The molecule has 0 aliphatic heterocycles. The van der Waals surface area contributed by atoms with Gasteiger partial charge < -0.3 is 9.55 Å². The molecule has 0 amide bonds. The second-order valence-electron chi connectivity index (χ2n) is 5.50. The zero-order valence-corrected chi connectivity index (χ0v) is 12.3. The van der Waals surface area contributed by atoms with Gasteiger partial charge in [-0.25, -0.2) is 4.39 Å². The Labute approximate surface area is 121 Å². The molecular formula is C14H16ClFN2S. The molecule has 3 rings (SSSR count). The molecule has 1 aliphatic rings. The summed E-state index contributed by atoms with van der Waals surface area (Å²) >= 11 is 11.2. The highest BCUT2D eigenvalue weighted by atomic mass is 35.5. The standard InChI is InChI=1S/C14H16ClFN2S/c1-8-2-4-9(5-3-8)18-13-7-11(16)10(15)6-12(13)17-14(18)19/h6-9H,2-5H2,1H3,(H,17,19). The van der Waals surface area contributed by atoms with E-state index in [1.54, 1.807) is 6.07 Å². The Morgan fingerprint density at radius 3 is 2.68 bits per heavy atom. The van der Waals surface area contributed by atoms with Gasteiger partial charge in [-0.1, -0.05) is 18.5 Å². The number of rotatable bonds is 1. The predicted molar refractivity (Wildman–Crippen MR) is 78.8 cm³/mol. The van der Waals surface area contributed by atoms with Crippen LogP contribution in [0.3, 0.4) is 0 Å². The molecule has 1 N–H and O–H groups in total. The molecule has 5 heteroatoms. The molecule has 19 heavy (non-hydrogen) atoms. The van der Waals surface area contributed by atoms with Gasteiger partial charge in [-0.3, -0.25) is 0 Å². The van der Waals surface area contributed by atoms with Gasteiger partial charge in [-0.05, 0) is 49.9 Å². The lowest BCUT2D eigenvalue weighted by Gasteiger charge is -2.27. The fraction of sp³-hybridized carbons (Fsp3) is 0.500. The molecule has 0 spiro atoms. The van der Waals surface area contributed by atoms with Crippen LogP contribution in [0.5, 0.6) is 0 Å². The van der Waals surface area contributed by atoms with E-state index in [0.717, 1.165) is 29.8 Å². The molecule has 0 radical (unpaired) electrons. The first-order chi connectivity index (χ1) is 9.06. The largest absolute Gasteiger partial charge is 0.331 e. The van der Waals surface area contributed by atoms with E-state index in [0.29, 0.717) is 10.8 Å². The molecule has 2 aromatic rings. The van der Waals surface area contributed by atoms with Crippen molar-refractivity contribution < 1.29 is 4.39 Å². The maximum atomic E-state index is 13.7. The van der Waals surface area contributed by atoms with Gasteiger partial charge in [0, 0.05) is 12.1 Å². The minimum absolute atomic E-state index is 0.133. The van der Waals surface area contributed by atoms with Crippen LogP contribution in [0.15, 0.2) is 12.1 Å². The van der Waals surface area contributed by atoms with Crippen LogP contribution in [0.1, 0.15) is 38.6 Å². The molecule has 1 saturated carbocycles. The van der Waals surface area contributed by atoms with E-state index in [4.69, 9.17) is 23.8 Å². The lowest BCUT2D eigenvalue weighted by molar-refractivity contribution is 0.292. The SMILES string of the molecule is CC1CCC(n2c(=S)[nH]c3cc(Cl)c(F)cc32)CC1. The monoisotopic (exact) mass is 298 g/mol. The van der Waals surface area contributed by atoms with Crippen LogP contribution < -0.4 is 0 Å². The summed E-state index contributed by atoms with van der Waals surface area (Å²) in [6.45, 7) is 2.28. The van der Waals surface area contributed by atoms with Gasteiger partial charge in [-0.2, -0.15) is 0 Å². The number of aromatic amines is 1. The van der Waals surface area contributed by atoms with Crippen molar-refractivity contribution in [3.05, 3.63) is 27.7 Å². The summed E-state index contributed by atoms with van der Waals surface area (Å²) in [5, 5.41) is 0.133. The Balaban J connectivity index is 2.10. The number of fused-ring (bicyclic) bond motifs is 1. The van der Waals surface area contributed by atoms with Crippen molar-refractivity contribution in [2.24, 2.45) is 5.92 Å². The highest BCUT2D eigenvalue weighted by Crippen LogP contribution is 2.35. The fourth-order valence-corrected chi connectivity index (χ4v) is 3.50. The van der Waals surface area contributed by atoms with Crippen LogP contribution in [0.25, 0.3) is 11.0 Å². The predicted octanol–water partition coefficient (Wildman–Crippen LogP) is 5.24. The van der Waals surface area contributed by atoms with E-state index < -0.39 is 0 Å². The number of hydrogen-bond donors (Lipinski definition) is 1. The first-order valence-corrected chi connectivity index (χ1v) is 7.44. The van der Waals surface area contributed by atoms with Crippen molar-refractivity contribution in [3.63, 3.8) is 0 Å². The maximum absolute atomic E-state index is 13.7. The summed E-state index contributed by atoms with van der Waals surface area (Å²) in [5.41, 5.74) is 1.64. The van der Waals surface area contributed by atoms with Crippen LogP contribution >= 0.6 is 23.8 Å². The average Bonchev–Trinajstić information content (AvgIpc) is 2.67. The van der Waals surface area contributed by atoms with Crippen molar-refractivity contribution in [1.29, 1.82) is 0 Å². The molecule has 1 aromatic heterocycles. The van der Waals surface area contributed by atoms with E-state index in [2.05, 4.69) is 16.5 Å². The average molecular weight is 299 g/mol. The third kappa shape index (κ3) is 2.32. The van der Waals surface area contributed by atoms with E-state index in [-0.39, 0.29) is 10.8 Å². The molecule has 1 fully saturated rings. The number of nitrogens with one attached hydrogen (secondary N) is 1. The van der Waals surface area contributed by atoms with Crippen LogP contribution in [-0.2, 0) is 0 Å². The van der Waals surface area contributed by atoms with Crippen molar-refractivity contribution in [2.45, 2.75) is 38.6 Å². The molecule has 1 aliphatic carbocycles. The summed E-state index contributed by atoms with van der Waals surface area (Å²) < 4.78 is 16.4. The summed E-state index contributed by atoms with van der Waals surface area (Å²) in [5.74, 6) is 0.392.